The Morgan fingerprint density at radius 1 is 1.07 bits per heavy atom. The maximum Gasteiger partial charge on any atom is 0.320 e. The highest BCUT2D eigenvalue weighted by Gasteiger charge is 2.37. The van der Waals surface area contributed by atoms with E-state index in [2.05, 4.69) is 68.6 Å². The van der Waals surface area contributed by atoms with E-state index in [0.29, 0.717) is 45.2 Å². The van der Waals surface area contributed by atoms with E-state index in [4.69, 9.17) is 9.16 Å². The third-order valence-electron chi connectivity index (χ3n) is 9.40. The van der Waals surface area contributed by atoms with Crippen LogP contribution in [0.4, 0.5) is 9.18 Å². The molecule has 0 atom stereocenters. The van der Waals surface area contributed by atoms with E-state index >= 15 is 0 Å². The Kier molecular flexibility index (Phi) is 12.2. The topological polar surface area (TPSA) is 86.9 Å². The van der Waals surface area contributed by atoms with Gasteiger partial charge in [0.1, 0.15) is 12.4 Å². The van der Waals surface area contributed by atoms with Crippen LogP contribution in [0.25, 0.3) is 10.9 Å². The van der Waals surface area contributed by atoms with E-state index in [-0.39, 0.29) is 36.0 Å². The summed E-state index contributed by atoms with van der Waals surface area (Å²) in [6.45, 7) is 15.2. The molecule has 2 heterocycles. The van der Waals surface area contributed by atoms with Crippen molar-refractivity contribution in [2.45, 2.75) is 71.2 Å². The summed E-state index contributed by atoms with van der Waals surface area (Å²) in [7, 11) is -1.92. The van der Waals surface area contributed by atoms with E-state index in [1.165, 1.54) is 23.1 Å². The maximum atomic E-state index is 13.8. The smallest absolute Gasteiger partial charge is 0.320 e. The summed E-state index contributed by atoms with van der Waals surface area (Å²) >= 11 is 0. The number of hydrogen-bond acceptors (Lipinski definition) is 4. The Morgan fingerprint density at radius 3 is 2.49 bits per heavy atom. The van der Waals surface area contributed by atoms with Crippen LogP contribution in [-0.4, -0.2) is 81.0 Å². The van der Waals surface area contributed by atoms with Crippen LogP contribution in [0.1, 0.15) is 51.2 Å². The summed E-state index contributed by atoms with van der Waals surface area (Å²) in [6.07, 6.45) is 5.54. The number of benzene rings is 2. The number of rotatable bonds is 14. The second kappa shape index (κ2) is 15.9. The van der Waals surface area contributed by atoms with E-state index in [1.807, 2.05) is 15.9 Å². The van der Waals surface area contributed by atoms with Gasteiger partial charge >= 0.3 is 6.03 Å². The molecule has 0 spiro atoms. The van der Waals surface area contributed by atoms with Crippen LogP contribution in [0.3, 0.4) is 0 Å². The van der Waals surface area contributed by atoms with Crippen LogP contribution in [0.2, 0.25) is 18.1 Å². The molecule has 0 saturated carbocycles. The number of aromatic amines is 1. The van der Waals surface area contributed by atoms with Crippen molar-refractivity contribution in [3.8, 4) is 0 Å². The van der Waals surface area contributed by atoms with Crippen LogP contribution in [-0.2, 0) is 27.0 Å². The van der Waals surface area contributed by atoms with Gasteiger partial charge in [0.05, 0.1) is 13.2 Å². The van der Waals surface area contributed by atoms with Gasteiger partial charge in [-0.15, -0.1) is 0 Å². The van der Waals surface area contributed by atoms with Crippen LogP contribution in [0.5, 0.6) is 0 Å². The Balaban J connectivity index is 1.23. The Hall–Kier alpha value is -3.21. The van der Waals surface area contributed by atoms with Gasteiger partial charge in [-0.3, -0.25) is 4.79 Å². The number of urea groups is 1. The molecule has 45 heavy (non-hydrogen) atoms. The Bertz CT molecular complexity index is 1380. The Morgan fingerprint density at radius 2 is 1.78 bits per heavy atom. The van der Waals surface area contributed by atoms with Crippen LogP contribution in [0, 0.1) is 11.7 Å². The minimum Gasteiger partial charge on any atom is -0.415 e. The van der Waals surface area contributed by atoms with E-state index in [1.54, 1.807) is 12.1 Å². The molecule has 3 amide bonds. The number of nitrogens with zero attached hydrogens (tertiary/aromatic N) is 2. The van der Waals surface area contributed by atoms with Crippen molar-refractivity contribution in [1.29, 1.82) is 0 Å². The third kappa shape index (κ3) is 10.1. The van der Waals surface area contributed by atoms with Gasteiger partial charge in [0.25, 0.3) is 0 Å². The van der Waals surface area contributed by atoms with Gasteiger partial charge in [-0.25, -0.2) is 9.18 Å². The molecule has 1 aliphatic heterocycles. The number of carbonyl (C=O) groups excluding carboxylic acids is 2. The molecule has 0 bridgehead atoms. The SMILES string of the molecule is CC(C)(C)[Si](C)(C)OCCN(CCc1c[nH]c2ccccc12)C(=O)N1CCC(CCNC(=O)COCc2ccc(F)cc2)CC1. The molecule has 1 fully saturated rings. The first-order valence-corrected chi connectivity index (χ1v) is 19.2. The third-order valence-corrected chi connectivity index (χ3v) is 13.9. The summed E-state index contributed by atoms with van der Waals surface area (Å²) in [6, 6.07) is 14.4. The molecule has 246 valence electrons. The number of H-pyrrole nitrogens is 1. The number of halogens is 1. The maximum absolute atomic E-state index is 13.8. The largest absolute Gasteiger partial charge is 0.415 e. The Labute approximate surface area is 268 Å². The first kappa shape index (κ1) is 34.7. The van der Waals surface area contributed by atoms with Crippen molar-refractivity contribution in [1.82, 2.24) is 20.1 Å². The lowest BCUT2D eigenvalue weighted by Gasteiger charge is -2.38. The number of para-hydroxylation sites is 1. The molecule has 4 rings (SSSR count). The average molecular weight is 639 g/mol. The zero-order chi connectivity index (χ0) is 32.5. The predicted molar refractivity (Wildman–Crippen MR) is 180 cm³/mol. The number of nitrogens with one attached hydrogen (secondary N) is 2. The van der Waals surface area contributed by atoms with Gasteiger partial charge in [-0.2, -0.15) is 0 Å². The van der Waals surface area contributed by atoms with Crippen molar-refractivity contribution in [3.63, 3.8) is 0 Å². The molecule has 0 radical (unpaired) electrons. The van der Waals surface area contributed by atoms with Gasteiger partial charge < -0.3 is 29.3 Å². The number of fused-ring (bicyclic) bond motifs is 1. The number of carbonyl (C=O) groups is 2. The number of piperidine rings is 1. The standard InChI is InChI=1S/C35H51FN4O4Si/c1-35(2,3)45(4,5)44-23-22-40(21-17-29-24-38-32-9-7-6-8-31(29)32)34(42)39-19-15-27(16-20-39)14-18-37-33(41)26-43-25-28-10-12-30(36)13-11-28/h6-13,24,27,38H,14-23,25-26H2,1-5H3,(H,37,41). The molecule has 0 unspecified atom stereocenters. The quantitative estimate of drug-likeness (QED) is 0.192. The van der Waals surface area contributed by atoms with Crippen molar-refractivity contribution in [3.05, 3.63) is 71.7 Å². The fraction of sp³-hybridized carbons (Fsp3) is 0.543. The molecule has 3 aromatic rings. The second-order valence-electron chi connectivity index (χ2n) is 13.7. The molecular formula is C35H51FN4O4Si. The molecule has 1 saturated heterocycles. The summed E-state index contributed by atoms with van der Waals surface area (Å²) in [4.78, 5) is 33.3. The fourth-order valence-corrected chi connectivity index (χ4v) is 6.48. The zero-order valence-corrected chi connectivity index (χ0v) is 28.7. The number of hydrogen-bond donors (Lipinski definition) is 2. The van der Waals surface area contributed by atoms with Gasteiger partial charge in [-0.1, -0.05) is 51.1 Å². The van der Waals surface area contributed by atoms with Crippen molar-refractivity contribution < 1.29 is 23.1 Å². The molecule has 2 aromatic carbocycles. The molecule has 1 aliphatic rings. The monoisotopic (exact) mass is 638 g/mol. The minimum absolute atomic E-state index is 0.0299. The highest BCUT2D eigenvalue weighted by atomic mass is 28.4. The first-order valence-electron chi connectivity index (χ1n) is 16.2. The number of likely N-dealkylation sites (tertiary alicyclic amines) is 1. The minimum atomic E-state index is -1.92. The normalized spacial score (nSPS) is 14.6. The van der Waals surface area contributed by atoms with Crippen molar-refractivity contribution in [2.24, 2.45) is 5.92 Å². The first-order chi connectivity index (χ1) is 21.4. The zero-order valence-electron chi connectivity index (χ0n) is 27.7. The molecule has 0 aliphatic carbocycles. The summed E-state index contributed by atoms with van der Waals surface area (Å²) < 4.78 is 25.0. The van der Waals surface area contributed by atoms with E-state index in [9.17, 15) is 14.0 Å². The summed E-state index contributed by atoms with van der Waals surface area (Å²) in [5.74, 6) is 0.00345. The highest BCUT2D eigenvalue weighted by Crippen LogP contribution is 2.36. The lowest BCUT2D eigenvalue weighted by Crippen LogP contribution is -2.49. The second-order valence-corrected chi connectivity index (χ2v) is 18.5. The van der Waals surface area contributed by atoms with Crippen LogP contribution >= 0.6 is 0 Å². The number of amides is 3. The van der Waals surface area contributed by atoms with E-state index in [0.717, 1.165) is 36.8 Å². The highest BCUT2D eigenvalue weighted by molar-refractivity contribution is 6.74. The summed E-state index contributed by atoms with van der Waals surface area (Å²) in [5, 5.41) is 4.26. The van der Waals surface area contributed by atoms with Gasteiger partial charge in [-0.05, 0) is 79.1 Å². The van der Waals surface area contributed by atoms with Gasteiger partial charge in [0, 0.05) is 49.8 Å². The van der Waals surface area contributed by atoms with Crippen molar-refractivity contribution in [2.75, 3.05) is 45.9 Å². The number of ether oxygens (including phenoxy) is 1. The number of aromatic nitrogens is 1. The van der Waals surface area contributed by atoms with Crippen LogP contribution in [0.15, 0.2) is 54.7 Å². The fourth-order valence-electron chi connectivity index (χ4n) is 5.45. The molecule has 8 nitrogen and oxygen atoms in total. The molecule has 10 heteroatoms. The molecular weight excluding hydrogens is 587 g/mol. The van der Waals surface area contributed by atoms with Crippen LogP contribution < -0.4 is 5.32 Å². The van der Waals surface area contributed by atoms with Crippen molar-refractivity contribution >= 4 is 31.2 Å². The average Bonchev–Trinajstić information content (AvgIpc) is 3.42. The van der Waals surface area contributed by atoms with Gasteiger partial charge in [0.15, 0.2) is 8.32 Å². The summed E-state index contributed by atoms with van der Waals surface area (Å²) in [5.41, 5.74) is 3.16. The lowest BCUT2D eigenvalue weighted by molar-refractivity contribution is -0.126. The molecule has 2 N–H and O–H groups in total. The lowest BCUT2D eigenvalue weighted by atomic mass is 9.93. The predicted octanol–water partition coefficient (Wildman–Crippen LogP) is 6.73. The van der Waals surface area contributed by atoms with E-state index < -0.39 is 8.32 Å². The molecule has 1 aromatic heterocycles. The van der Waals surface area contributed by atoms with Gasteiger partial charge in [0.2, 0.25) is 5.91 Å².